The van der Waals surface area contributed by atoms with E-state index in [0.29, 0.717) is 33.0 Å². The summed E-state index contributed by atoms with van der Waals surface area (Å²) < 4.78 is 33.6. The molecule has 6 rings (SSSR count). The van der Waals surface area contributed by atoms with Gasteiger partial charge >= 0.3 is 0 Å². The summed E-state index contributed by atoms with van der Waals surface area (Å²) in [4.78, 5) is 1.09. The number of hydrogen-bond acceptors (Lipinski definition) is 6. The Kier molecular flexibility index (Phi) is 12.1. The molecule has 236 valence electrons. The third-order valence-electron chi connectivity index (χ3n) is 7.84. The highest BCUT2D eigenvalue weighted by molar-refractivity contribution is 7.99. The molecule has 0 radical (unpaired) electrons. The van der Waals surface area contributed by atoms with Crippen molar-refractivity contribution < 1.29 is 23.7 Å². The molecule has 5 aromatic carbocycles. The second-order valence-corrected chi connectivity index (χ2v) is 12.4. The van der Waals surface area contributed by atoms with Crippen LogP contribution in [0.1, 0.15) is 22.3 Å². The minimum absolute atomic E-state index is 0.344. The molecule has 0 spiro atoms. The van der Waals surface area contributed by atoms with Crippen molar-refractivity contribution in [3.05, 3.63) is 174 Å². The lowest BCUT2D eigenvalue weighted by Crippen LogP contribution is -2.60. The number of thioether (sulfide) groups is 1. The molecule has 0 N–H and O–H groups in total. The molecule has 1 aliphatic rings. The maximum Gasteiger partial charge on any atom is 0.137 e. The quantitative estimate of drug-likeness (QED) is 0.115. The molecular weight excluding hydrogens is 593 g/mol. The van der Waals surface area contributed by atoms with Gasteiger partial charge in [-0.15, -0.1) is 0 Å². The van der Waals surface area contributed by atoms with Crippen LogP contribution in [-0.2, 0) is 50.1 Å². The Bertz CT molecular complexity index is 1540. The number of rotatable bonds is 15. The van der Waals surface area contributed by atoms with Crippen molar-refractivity contribution in [1.82, 2.24) is 0 Å². The normalized spacial score (nSPS) is 21.2. The minimum Gasteiger partial charge on any atom is -0.374 e. The summed E-state index contributed by atoms with van der Waals surface area (Å²) in [5.41, 5.74) is 3.99. The molecule has 1 fully saturated rings. The zero-order valence-corrected chi connectivity index (χ0v) is 26.6. The van der Waals surface area contributed by atoms with Gasteiger partial charge in [-0.25, -0.2) is 0 Å². The molecular formula is C40H40O5S. The average molecular weight is 633 g/mol. The summed E-state index contributed by atoms with van der Waals surface area (Å²) in [6.07, 6.45) is -1.72. The van der Waals surface area contributed by atoms with Crippen LogP contribution in [0.2, 0.25) is 0 Å². The Hall–Kier alpha value is -3.75. The zero-order valence-electron chi connectivity index (χ0n) is 25.8. The van der Waals surface area contributed by atoms with Crippen LogP contribution in [0.3, 0.4) is 0 Å². The molecule has 0 saturated carbocycles. The minimum atomic E-state index is -0.451. The van der Waals surface area contributed by atoms with Crippen LogP contribution < -0.4 is 0 Å². The average Bonchev–Trinajstić information content (AvgIpc) is 3.12. The zero-order chi connectivity index (χ0) is 31.2. The Morgan fingerprint density at radius 2 is 0.826 bits per heavy atom. The van der Waals surface area contributed by atoms with Crippen molar-refractivity contribution in [2.24, 2.45) is 0 Å². The molecule has 6 heteroatoms. The van der Waals surface area contributed by atoms with E-state index < -0.39 is 24.4 Å². The van der Waals surface area contributed by atoms with Crippen LogP contribution in [0.15, 0.2) is 157 Å². The van der Waals surface area contributed by atoms with E-state index in [1.807, 2.05) is 91.0 Å². The van der Waals surface area contributed by atoms with Crippen molar-refractivity contribution >= 4 is 11.8 Å². The molecule has 0 aliphatic carbocycles. The van der Waals surface area contributed by atoms with Crippen LogP contribution >= 0.6 is 11.8 Å². The predicted octanol–water partition coefficient (Wildman–Crippen LogP) is 8.48. The highest BCUT2D eigenvalue weighted by atomic mass is 32.2. The van der Waals surface area contributed by atoms with Gasteiger partial charge in [0.1, 0.15) is 29.9 Å². The molecule has 1 heterocycles. The Balaban J connectivity index is 1.31. The highest BCUT2D eigenvalue weighted by Gasteiger charge is 2.48. The monoisotopic (exact) mass is 632 g/mol. The first-order chi connectivity index (χ1) is 22.8. The van der Waals surface area contributed by atoms with Crippen LogP contribution in [0, 0.1) is 0 Å². The van der Waals surface area contributed by atoms with Gasteiger partial charge in [0.25, 0.3) is 0 Å². The first-order valence-corrected chi connectivity index (χ1v) is 16.7. The van der Waals surface area contributed by atoms with E-state index in [1.165, 1.54) is 0 Å². The van der Waals surface area contributed by atoms with Crippen molar-refractivity contribution in [3.63, 3.8) is 0 Å². The number of hydrogen-bond donors (Lipinski definition) is 0. The topological polar surface area (TPSA) is 46.2 Å². The lowest BCUT2D eigenvalue weighted by molar-refractivity contribution is -0.254. The molecule has 0 unspecified atom stereocenters. The fraction of sp³-hybridized carbons (Fsp3) is 0.250. The van der Waals surface area contributed by atoms with Crippen molar-refractivity contribution in [2.75, 3.05) is 6.61 Å². The molecule has 5 aromatic rings. The Labute approximate surface area is 276 Å². The molecule has 5 nitrogen and oxygen atoms in total. The van der Waals surface area contributed by atoms with Crippen LogP contribution in [0.4, 0.5) is 0 Å². The summed E-state index contributed by atoms with van der Waals surface area (Å²) >= 11 is 1.64. The second-order valence-electron chi connectivity index (χ2n) is 11.3. The third-order valence-corrected chi connectivity index (χ3v) is 8.99. The van der Waals surface area contributed by atoms with Gasteiger partial charge in [-0.05, 0) is 34.4 Å². The van der Waals surface area contributed by atoms with E-state index >= 15 is 0 Å². The van der Waals surface area contributed by atoms with E-state index in [-0.39, 0.29) is 5.44 Å². The molecule has 0 bridgehead atoms. The maximum absolute atomic E-state index is 6.92. The Morgan fingerprint density at radius 3 is 1.30 bits per heavy atom. The molecule has 1 aliphatic heterocycles. The molecule has 1 saturated heterocycles. The first-order valence-electron chi connectivity index (χ1n) is 15.8. The summed E-state index contributed by atoms with van der Waals surface area (Å²) in [6, 6.07) is 51.2. The van der Waals surface area contributed by atoms with Gasteiger partial charge in [0.2, 0.25) is 0 Å². The molecule has 0 aromatic heterocycles. The van der Waals surface area contributed by atoms with Gasteiger partial charge in [0.05, 0.1) is 33.0 Å². The van der Waals surface area contributed by atoms with Crippen LogP contribution in [-0.4, -0.2) is 36.5 Å². The summed E-state index contributed by atoms with van der Waals surface area (Å²) in [6.45, 7) is 2.08. The van der Waals surface area contributed by atoms with Gasteiger partial charge < -0.3 is 23.7 Å². The van der Waals surface area contributed by atoms with Gasteiger partial charge in [0, 0.05) is 4.90 Å². The lowest BCUT2D eigenvalue weighted by Gasteiger charge is -2.46. The van der Waals surface area contributed by atoms with E-state index in [1.54, 1.807) is 11.8 Å². The predicted molar refractivity (Wildman–Crippen MR) is 182 cm³/mol. The second kappa shape index (κ2) is 17.2. The van der Waals surface area contributed by atoms with E-state index in [0.717, 1.165) is 27.1 Å². The van der Waals surface area contributed by atoms with Crippen LogP contribution in [0.25, 0.3) is 0 Å². The standard InChI is InChI=1S/C40H40O5S/c1-6-16-31(17-7-1)26-41-30-36-37(42-27-32-18-8-2-9-19-32)38(43-28-33-20-10-3-11-21-33)39(44-29-34-22-12-4-13-23-34)40(45-36)46-35-24-14-5-15-25-35/h1-25,36-40H,26-30H2/t36-,37+,38-,39+,40-/m0/s1. The summed E-state index contributed by atoms with van der Waals surface area (Å²) in [5, 5.41) is 0. The Morgan fingerprint density at radius 1 is 0.435 bits per heavy atom. The van der Waals surface area contributed by atoms with Crippen LogP contribution in [0.5, 0.6) is 0 Å². The van der Waals surface area contributed by atoms with Crippen molar-refractivity contribution in [1.29, 1.82) is 0 Å². The molecule has 5 atom stereocenters. The molecule has 0 amide bonds. The highest BCUT2D eigenvalue weighted by Crippen LogP contribution is 2.38. The lowest BCUT2D eigenvalue weighted by atomic mass is 9.98. The smallest absolute Gasteiger partial charge is 0.137 e. The fourth-order valence-electron chi connectivity index (χ4n) is 5.48. The van der Waals surface area contributed by atoms with Gasteiger partial charge in [-0.2, -0.15) is 0 Å². The van der Waals surface area contributed by atoms with E-state index in [9.17, 15) is 0 Å². The van der Waals surface area contributed by atoms with Crippen molar-refractivity contribution in [2.45, 2.75) is 61.2 Å². The third kappa shape index (κ3) is 9.39. The van der Waals surface area contributed by atoms with Crippen molar-refractivity contribution in [3.8, 4) is 0 Å². The molecule has 46 heavy (non-hydrogen) atoms. The number of benzene rings is 5. The maximum atomic E-state index is 6.92. The summed E-state index contributed by atoms with van der Waals surface area (Å²) in [5.74, 6) is 0. The summed E-state index contributed by atoms with van der Waals surface area (Å²) in [7, 11) is 0. The largest absolute Gasteiger partial charge is 0.374 e. The van der Waals surface area contributed by atoms with Gasteiger partial charge in [-0.1, -0.05) is 151 Å². The van der Waals surface area contributed by atoms with E-state index in [2.05, 4.69) is 60.7 Å². The van der Waals surface area contributed by atoms with Gasteiger partial charge in [-0.3, -0.25) is 0 Å². The van der Waals surface area contributed by atoms with Gasteiger partial charge in [0.15, 0.2) is 0 Å². The first kappa shape index (κ1) is 32.2. The number of ether oxygens (including phenoxy) is 5. The van der Waals surface area contributed by atoms with E-state index in [4.69, 9.17) is 23.7 Å². The SMILES string of the molecule is c1ccc(COC[C@@H]2O[C@@H](Sc3ccccc3)[C@H](OCc3ccccc3)[C@@H](OCc3ccccc3)[C@@H]2OCc2ccccc2)cc1. The fourth-order valence-corrected chi connectivity index (χ4v) is 6.62.